The van der Waals surface area contributed by atoms with E-state index in [2.05, 4.69) is 18.7 Å². The number of hydrogen-bond acceptors (Lipinski definition) is 3. The van der Waals surface area contributed by atoms with Crippen LogP contribution in [0, 0.1) is 5.92 Å². The lowest BCUT2D eigenvalue weighted by Gasteiger charge is -2.40. The second-order valence-corrected chi connectivity index (χ2v) is 4.94. The molecule has 3 heteroatoms. The quantitative estimate of drug-likeness (QED) is 0.754. The maximum Gasteiger partial charge on any atom is 0.0589 e. The molecule has 0 spiro atoms. The van der Waals surface area contributed by atoms with E-state index in [0.29, 0.717) is 12.1 Å². The summed E-state index contributed by atoms with van der Waals surface area (Å²) in [5.74, 6) is 0.876. The molecule has 1 aliphatic carbocycles. The molecule has 16 heavy (non-hydrogen) atoms. The van der Waals surface area contributed by atoms with Crippen LogP contribution in [-0.4, -0.2) is 43.8 Å². The molecule has 3 atom stereocenters. The molecule has 0 bridgehead atoms. The van der Waals surface area contributed by atoms with E-state index in [1.54, 1.807) is 7.11 Å². The number of methoxy groups -OCH3 is 1. The Hall–Kier alpha value is -0.120. The van der Waals surface area contributed by atoms with Crippen molar-refractivity contribution in [3.8, 4) is 0 Å². The Morgan fingerprint density at radius 3 is 2.62 bits per heavy atom. The first-order chi connectivity index (χ1) is 7.72. The average Bonchev–Trinajstić information content (AvgIpc) is 2.32. The van der Waals surface area contributed by atoms with Crippen LogP contribution in [0.5, 0.6) is 0 Å². The summed E-state index contributed by atoms with van der Waals surface area (Å²) in [6.45, 7) is 7.43. The van der Waals surface area contributed by atoms with Gasteiger partial charge in [0.2, 0.25) is 0 Å². The Labute approximate surface area is 100 Å². The van der Waals surface area contributed by atoms with Crippen LogP contribution in [0.2, 0.25) is 0 Å². The normalized spacial score (nSPS) is 30.9. The van der Waals surface area contributed by atoms with E-state index in [0.717, 1.165) is 25.6 Å². The molecule has 3 unspecified atom stereocenters. The zero-order valence-corrected chi connectivity index (χ0v) is 11.1. The molecule has 0 radical (unpaired) electrons. The highest BCUT2D eigenvalue weighted by Crippen LogP contribution is 2.29. The number of hydrogen-bond donors (Lipinski definition) is 1. The van der Waals surface area contributed by atoms with Gasteiger partial charge in [-0.25, -0.2) is 0 Å². The molecular weight excluding hydrogens is 200 g/mol. The Morgan fingerprint density at radius 1 is 1.31 bits per heavy atom. The lowest BCUT2D eigenvalue weighted by molar-refractivity contribution is 0.0810. The van der Waals surface area contributed by atoms with Gasteiger partial charge in [0.1, 0.15) is 0 Å². The molecule has 0 saturated heterocycles. The molecule has 1 rings (SSSR count). The Kier molecular flexibility index (Phi) is 6.32. The molecule has 0 heterocycles. The first-order valence-corrected chi connectivity index (χ1v) is 6.71. The summed E-state index contributed by atoms with van der Waals surface area (Å²) in [6.07, 6.45) is 5.07. The van der Waals surface area contributed by atoms with Crippen molar-refractivity contribution in [3.05, 3.63) is 0 Å². The molecule has 0 aliphatic heterocycles. The standard InChI is InChI=1S/C13H28N2O/c1-4-11-6-7-12(14)13(10-11)15(5-2)8-9-16-3/h11-13H,4-10,14H2,1-3H3. The highest BCUT2D eigenvalue weighted by atomic mass is 16.5. The monoisotopic (exact) mass is 228 g/mol. The lowest BCUT2D eigenvalue weighted by Crippen LogP contribution is -2.52. The third-order valence-electron chi connectivity index (χ3n) is 4.01. The van der Waals surface area contributed by atoms with Gasteiger partial charge in [-0.2, -0.15) is 0 Å². The van der Waals surface area contributed by atoms with Crippen molar-refractivity contribution < 1.29 is 4.74 Å². The van der Waals surface area contributed by atoms with Gasteiger partial charge in [0.25, 0.3) is 0 Å². The minimum Gasteiger partial charge on any atom is -0.383 e. The van der Waals surface area contributed by atoms with E-state index in [4.69, 9.17) is 10.5 Å². The minimum absolute atomic E-state index is 0.361. The van der Waals surface area contributed by atoms with E-state index >= 15 is 0 Å². The highest BCUT2D eigenvalue weighted by Gasteiger charge is 2.30. The van der Waals surface area contributed by atoms with Gasteiger partial charge in [0.15, 0.2) is 0 Å². The van der Waals surface area contributed by atoms with Crippen LogP contribution >= 0.6 is 0 Å². The molecule has 0 aromatic rings. The molecule has 0 aromatic carbocycles. The van der Waals surface area contributed by atoms with Gasteiger partial charge in [-0.15, -0.1) is 0 Å². The summed E-state index contributed by atoms with van der Waals surface area (Å²) in [5.41, 5.74) is 6.26. The first kappa shape index (κ1) is 13.9. The van der Waals surface area contributed by atoms with Crippen LogP contribution in [0.25, 0.3) is 0 Å². The SMILES string of the molecule is CCC1CCC(N)C(N(CC)CCOC)C1. The molecule has 0 amide bonds. The fraction of sp³-hybridized carbons (Fsp3) is 1.00. The predicted octanol–water partition coefficient (Wildman–Crippen LogP) is 1.86. The molecular formula is C13H28N2O. The van der Waals surface area contributed by atoms with Crippen LogP contribution in [0.4, 0.5) is 0 Å². The number of rotatable bonds is 6. The van der Waals surface area contributed by atoms with E-state index in [1.807, 2.05) is 0 Å². The summed E-state index contributed by atoms with van der Waals surface area (Å²) in [4.78, 5) is 2.50. The smallest absolute Gasteiger partial charge is 0.0589 e. The van der Waals surface area contributed by atoms with Crippen molar-refractivity contribution >= 4 is 0 Å². The van der Waals surface area contributed by atoms with Gasteiger partial charge in [-0.1, -0.05) is 20.3 Å². The second kappa shape index (κ2) is 7.25. The fourth-order valence-corrected chi connectivity index (χ4v) is 2.81. The van der Waals surface area contributed by atoms with Crippen molar-refractivity contribution in [3.63, 3.8) is 0 Å². The van der Waals surface area contributed by atoms with E-state index in [9.17, 15) is 0 Å². The summed E-state index contributed by atoms with van der Waals surface area (Å²) in [7, 11) is 1.77. The van der Waals surface area contributed by atoms with E-state index in [1.165, 1.54) is 25.7 Å². The number of ether oxygens (including phenoxy) is 1. The topological polar surface area (TPSA) is 38.5 Å². The minimum atomic E-state index is 0.361. The molecule has 1 saturated carbocycles. The van der Waals surface area contributed by atoms with E-state index in [-0.39, 0.29) is 0 Å². The molecule has 0 aromatic heterocycles. The van der Waals surface area contributed by atoms with Crippen LogP contribution in [0.1, 0.15) is 39.5 Å². The van der Waals surface area contributed by atoms with Gasteiger partial charge in [0, 0.05) is 25.7 Å². The van der Waals surface area contributed by atoms with Crippen molar-refractivity contribution in [2.45, 2.75) is 51.6 Å². The van der Waals surface area contributed by atoms with Gasteiger partial charge in [-0.05, 0) is 31.7 Å². The van der Waals surface area contributed by atoms with Crippen LogP contribution in [0.3, 0.4) is 0 Å². The molecule has 3 nitrogen and oxygen atoms in total. The predicted molar refractivity (Wildman–Crippen MR) is 68.5 cm³/mol. The van der Waals surface area contributed by atoms with Crippen molar-refractivity contribution in [2.24, 2.45) is 11.7 Å². The third-order valence-corrected chi connectivity index (χ3v) is 4.01. The zero-order chi connectivity index (χ0) is 12.0. The van der Waals surface area contributed by atoms with Crippen molar-refractivity contribution in [1.29, 1.82) is 0 Å². The Morgan fingerprint density at radius 2 is 2.06 bits per heavy atom. The first-order valence-electron chi connectivity index (χ1n) is 6.71. The van der Waals surface area contributed by atoms with E-state index < -0.39 is 0 Å². The van der Waals surface area contributed by atoms with Gasteiger partial charge < -0.3 is 10.5 Å². The second-order valence-electron chi connectivity index (χ2n) is 4.94. The third kappa shape index (κ3) is 3.72. The van der Waals surface area contributed by atoms with Crippen LogP contribution < -0.4 is 5.73 Å². The maximum absolute atomic E-state index is 6.26. The largest absolute Gasteiger partial charge is 0.383 e. The van der Waals surface area contributed by atoms with Gasteiger partial charge in [-0.3, -0.25) is 4.90 Å². The van der Waals surface area contributed by atoms with Gasteiger partial charge in [0.05, 0.1) is 6.61 Å². The van der Waals surface area contributed by atoms with Crippen LogP contribution in [0.15, 0.2) is 0 Å². The summed E-state index contributed by atoms with van der Waals surface area (Å²) in [6, 6.07) is 0.929. The maximum atomic E-state index is 6.26. The number of nitrogens with zero attached hydrogens (tertiary/aromatic N) is 1. The summed E-state index contributed by atoms with van der Waals surface area (Å²) >= 11 is 0. The Balaban J connectivity index is 2.51. The van der Waals surface area contributed by atoms with Gasteiger partial charge >= 0.3 is 0 Å². The van der Waals surface area contributed by atoms with Crippen LogP contribution in [-0.2, 0) is 4.74 Å². The lowest BCUT2D eigenvalue weighted by atomic mass is 9.80. The number of likely N-dealkylation sites (N-methyl/N-ethyl adjacent to an activating group) is 1. The zero-order valence-electron chi connectivity index (χ0n) is 11.1. The molecule has 1 aliphatic rings. The fourth-order valence-electron chi connectivity index (χ4n) is 2.81. The average molecular weight is 228 g/mol. The Bertz CT molecular complexity index is 187. The number of nitrogens with two attached hydrogens (primary N) is 1. The van der Waals surface area contributed by atoms with Crippen molar-refractivity contribution in [2.75, 3.05) is 26.8 Å². The summed E-state index contributed by atoms with van der Waals surface area (Å²) < 4.78 is 5.17. The summed E-state index contributed by atoms with van der Waals surface area (Å²) in [5, 5.41) is 0. The molecule has 96 valence electrons. The molecule has 2 N–H and O–H groups in total. The van der Waals surface area contributed by atoms with Crippen molar-refractivity contribution in [1.82, 2.24) is 4.90 Å². The highest BCUT2D eigenvalue weighted by molar-refractivity contribution is 4.88. The molecule has 1 fully saturated rings.